The van der Waals surface area contributed by atoms with E-state index >= 15 is 0 Å². The molecule has 0 unspecified atom stereocenters. The van der Waals surface area contributed by atoms with Gasteiger partial charge >= 0.3 is 0 Å². The average Bonchev–Trinajstić information content (AvgIpc) is 3.01. The maximum atomic E-state index is 9.68. The molecule has 0 spiro atoms. The molecule has 5 heteroatoms. The average molecular weight is 378 g/mol. The molecule has 0 aliphatic heterocycles. The lowest BCUT2D eigenvalue weighted by atomic mass is 9.72. The number of fused-ring (bicyclic) bond motifs is 1. The summed E-state index contributed by atoms with van der Waals surface area (Å²) in [5, 5.41) is 19.2. The fraction of sp³-hybridized carbons (Fsp3) is 0.409. The van der Waals surface area contributed by atoms with Crippen LogP contribution < -0.4 is 4.74 Å². The van der Waals surface area contributed by atoms with Gasteiger partial charge in [-0.05, 0) is 48.3 Å². The second-order valence-corrected chi connectivity index (χ2v) is 8.93. The van der Waals surface area contributed by atoms with Gasteiger partial charge in [-0.3, -0.25) is 0 Å². The first-order chi connectivity index (χ1) is 12.9. The number of nitrogens with zero attached hydrogens (tertiary/aromatic N) is 3. The molecule has 0 bridgehead atoms. The van der Waals surface area contributed by atoms with Crippen LogP contribution >= 0.6 is 11.3 Å². The first-order valence-corrected chi connectivity index (χ1v) is 9.93. The highest BCUT2D eigenvalue weighted by Crippen LogP contribution is 2.44. The highest BCUT2D eigenvalue weighted by atomic mass is 32.1. The van der Waals surface area contributed by atoms with Gasteiger partial charge in [-0.2, -0.15) is 10.5 Å². The van der Waals surface area contributed by atoms with Gasteiger partial charge in [-0.15, -0.1) is 11.3 Å². The van der Waals surface area contributed by atoms with Crippen LogP contribution in [0.2, 0.25) is 0 Å². The molecule has 1 aliphatic rings. The zero-order valence-electron chi connectivity index (χ0n) is 16.0. The van der Waals surface area contributed by atoms with Crippen molar-refractivity contribution in [1.82, 2.24) is 0 Å². The Morgan fingerprint density at radius 1 is 1.30 bits per heavy atom. The van der Waals surface area contributed by atoms with Crippen molar-refractivity contribution in [2.24, 2.45) is 16.3 Å². The Morgan fingerprint density at radius 3 is 2.78 bits per heavy atom. The normalized spacial score (nSPS) is 16.6. The minimum Gasteiger partial charge on any atom is -0.478 e. The third-order valence-electron chi connectivity index (χ3n) is 5.12. The molecule has 1 aliphatic carbocycles. The molecule has 2 aromatic rings. The number of nitriles is 2. The third kappa shape index (κ3) is 4.21. The van der Waals surface area contributed by atoms with E-state index in [1.807, 2.05) is 30.3 Å². The molecule has 0 fully saturated rings. The molecular formula is C22H23N3OS. The van der Waals surface area contributed by atoms with Crippen LogP contribution in [0.3, 0.4) is 0 Å². The van der Waals surface area contributed by atoms with Crippen LogP contribution in [0.1, 0.15) is 48.8 Å². The summed E-state index contributed by atoms with van der Waals surface area (Å²) >= 11 is 1.64. The maximum Gasteiger partial charge on any atom is 0.174 e. The lowest BCUT2D eigenvalue weighted by molar-refractivity contribution is 0.218. The molecule has 0 saturated heterocycles. The third-order valence-corrected chi connectivity index (χ3v) is 6.28. The number of hydrogen-bond donors (Lipinski definition) is 0. The van der Waals surface area contributed by atoms with Crippen LogP contribution in [0.25, 0.3) is 0 Å². The van der Waals surface area contributed by atoms with Crippen molar-refractivity contribution in [3.05, 3.63) is 45.8 Å². The largest absolute Gasteiger partial charge is 0.478 e. The van der Waals surface area contributed by atoms with Crippen molar-refractivity contribution in [2.75, 3.05) is 6.61 Å². The monoisotopic (exact) mass is 377 g/mol. The fourth-order valence-electron chi connectivity index (χ4n) is 3.47. The summed E-state index contributed by atoms with van der Waals surface area (Å²) in [6.45, 7) is 6.87. The topological polar surface area (TPSA) is 69.2 Å². The van der Waals surface area contributed by atoms with Crippen LogP contribution in [0.4, 0.5) is 5.00 Å². The highest BCUT2D eigenvalue weighted by molar-refractivity contribution is 7.16. The van der Waals surface area contributed by atoms with Gasteiger partial charge in [0.2, 0.25) is 0 Å². The number of aliphatic imine (C=N–C) groups is 1. The van der Waals surface area contributed by atoms with Gasteiger partial charge in [0.1, 0.15) is 22.9 Å². The standard InChI is InChI=1S/C22H23N3OS/c1-22(2,3)16-8-9-17-18(13-24)21(27-20(17)12-16)25-14-15-6-4-5-7-19(15)26-11-10-23/h4-7,14,16H,8-9,11-12H2,1-3H3/t16-/m1/s1. The first kappa shape index (κ1) is 19.1. The Hall–Kier alpha value is -2.63. The minimum absolute atomic E-state index is 0.00418. The smallest absolute Gasteiger partial charge is 0.174 e. The number of para-hydroxylation sites is 1. The maximum absolute atomic E-state index is 9.68. The van der Waals surface area contributed by atoms with Gasteiger partial charge in [-0.25, -0.2) is 4.99 Å². The Kier molecular flexibility index (Phi) is 5.63. The number of thiophene rings is 1. The summed E-state index contributed by atoms with van der Waals surface area (Å²) in [5.41, 5.74) is 2.98. The molecule has 0 radical (unpaired) electrons. The molecule has 0 N–H and O–H groups in total. The molecule has 1 heterocycles. The SMILES string of the molecule is CC(C)(C)[C@@H]1CCc2c(sc(N=Cc3ccccc3OCC#N)c2C#N)C1. The molecule has 138 valence electrons. The molecule has 1 atom stereocenters. The summed E-state index contributed by atoms with van der Waals surface area (Å²) in [4.78, 5) is 5.92. The zero-order valence-corrected chi connectivity index (χ0v) is 16.8. The van der Waals surface area contributed by atoms with Gasteiger partial charge in [0, 0.05) is 16.7 Å². The molecule has 27 heavy (non-hydrogen) atoms. The molecule has 3 rings (SSSR count). The number of hydrogen-bond acceptors (Lipinski definition) is 5. The van der Waals surface area contributed by atoms with Crippen LogP contribution in [-0.2, 0) is 12.8 Å². The summed E-state index contributed by atoms with van der Waals surface area (Å²) in [5.74, 6) is 1.25. The van der Waals surface area contributed by atoms with Crippen molar-refractivity contribution in [3.8, 4) is 17.9 Å². The van der Waals surface area contributed by atoms with Crippen LogP contribution in [-0.4, -0.2) is 12.8 Å². The highest BCUT2D eigenvalue weighted by Gasteiger charge is 2.32. The summed E-state index contributed by atoms with van der Waals surface area (Å²) in [6.07, 6.45) is 4.82. The van der Waals surface area contributed by atoms with Gasteiger partial charge in [0.05, 0.1) is 5.56 Å². The molecule has 0 saturated carbocycles. The van der Waals surface area contributed by atoms with E-state index in [4.69, 9.17) is 10.00 Å². The zero-order chi connectivity index (χ0) is 19.4. The van der Waals surface area contributed by atoms with E-state index in [-0.39, 0.29) is 12.0 Å². The van der Waals surface area contributed by atoms with E-state index < -0.39 is 0 Å². The van der Waals surface area contributed by atoms with Gasteiger partial charge in [0.15, 0.2) is 6.61 Å². The van der Waals surface area contributed by atoms with E-state index in [0.717, 1.165) is 29.8 Å². The number of ether oxygens (including phenoxy) is 1. The predicted octanol–water partition coefficient (Wildman–Crippen LogP) is 5.42. The van der Waals surface area contributed by atoms with Crippen LogP contribution in [0.15, 0.2) is 29.3 Å². The van der Waals surface area contributed by atoms with Gasteiger partial charge < -0.3 is 4.74 Å². The Labute approximate surface area is 164 Å². The molecule has 0 amide bonds. The van der Waals surface area contributed by atoms with Gasteiger partial charge in [-0.1, -0.05) is 32.9 Å². The minimum atomic E-state index is -0.00418. The quantitative estimate of drug-likeness (QED) is 0.668. The number of benzene rings is 1. The van der Waals surface area contributed by atoms with E-state index in [2.05, 4.69) is 31.8 Å². The van der Waals surface area contributed by atoms with E-state index in [1.54, 1.807) is 17.6 Å². The molecule has 4 nitrogen and oxygen atoms in total. The van der Waals surface area contributed by atoms with E-state index in [0.29, 0.717) is 17.2 Å². The lowest BCUT2D eigenvalue weighted by Gasteiger charge is -2.33. The van der Waals surface area contributed by atoms with Crippen molar-refractivity contribution in [2.45, 2.75) is 40.0 Å². The summed E-state index contributed by atoms with van der Waals surface area (Å²) < 4.78 is 5.45. The van der Waals surface area contributed by atoms with E-state index in [9.17, 15) is 5.26 Å². The Morgan fingerprint density at radius 2 is 2.07 bits per heavy atom. The van der Waals surface area contributed by atoms with Crippen molar-refractivity contribution in [1.29, 1.82) is 10.5 Å². The van der Waals surface area contributed by atoms with Crippen LogP contribution in [0, 0.1) is 34.0 Å². The van der Waals surface area contributed by atoms with Crippen LogP contribution in [0.5, 0.6) is 5.75 Å². The Bertz CT molecular complexity index is 938. The summed E-state index contributed by atoms with van der Waals surface area (Å²) in [7, 11) is 0. The molecule has 1 aromatic heterocycles. The van der Waals surface area contributed by atoms with Crippen molar-refractivity contribution >= 4 is 22.6 Å². The lowest BCUT2D eigenvalue weighted by Crippen LogP contribution is -2.26. The predicted molar refractivity (Wildman–Crippen MR) is 109 cm³/mol. The second-order valence-electron chi connectivity index (χ2n) is 7.84. The van der Waals surface area contributed by atoms with Crippen molar-refractivity contribution < 1.29 is 4.74 Å². The molecular weight excluding hydrogens is 354 g/mol. The second kappa shape index (κ2) is 7.94. The molecule has 1 aromatic carbocycles. The van der Waals surface area contributed by atoms with Gasteiger partial charge in [0.25, 0.3) is 0 Å². The van der Waals surface area contributed by atoms with E-state index in [1.165, 1.54) is 10.4 Å². The Balaban J connectivity index is 1.89. The summed E-state index contributed by atoms with van der Waals surface area (Å²) in [6, 6.07) is 11.8. The van der Waals surface area contributed by atoms with Crippen molar-refractivity contribution in [3.63, 3.8) is 0 Å². The fourth-order valence-corrected chi connectivity index (χ4v) is 4.70. The first-order valence-electron chi connectivity index (χ1n) is 9.11. The number of rotatable bonds is 4.